The van der Waals surface area contributed by atoms with Crippen molar-refractivity contribution in [3.63, 3.8) is 0 Å². The number of nitrogens with one attached hydrogen (secondary N) is 2. The second-order valence-corrected chi connectivity index (χ2v) is 12.3. The van der Waals surface area contributed by atoms with Gasteiger partial charge in [0, 0.05) is 25.8 Å². The molecule has 1 aliphatic heterocycles. The predicted molar refractivity (Wildman–Crippen MR) is 152 cm³/mol. The number of β-amino-alcohol motifs (C(OH)–C–C–N with tert-alkyl or cyclic N) is 1. The van der Waals surface area contributed by atoms with Crippen molar-refractivity contribution < 1.29 is 29.4 Å². The molecule has 3 rings (SSSR count). The number of rotatable bonds is 11. The van der Waals surface area contributed by atoms with Crippen LogP contribution in [0.3, 0.4) is 0 Å². The smallest absolute Gasteiger partial charge is 0.303 e. The summed E-state index contributed by atoms with van der Waals surface area (Å²) < 4.78 is 0. The first-order valence-corrected chi connectivity index (χ1v) is 14.5. The Morgan fingerprint density at radius 2 is 1.75 bits per heavy atom. The van der Waals surface area contributed by atoms with Gasteiger partial charge in [0.15, 0.2) is 0 Å². The highest BCUT2D eigenvalue weighted by Crippen LogP contribution is 2.29. The average Bonchev–Trinajstić information content (AvgIpc) is 3.49. The lowest BCUT2D eigenvalue weighted by molar-refractivity contribution is -0.144. The van der Waals surface area contributed by atoms with Crippen LogP contribution in [0.4, 0.5) is 0 Å². The van der Waals surface area contributed by atoms with Gasteiger partial charge in [0.25, 0.3) is 0 Å². The molecule has 0 radical (unpaired) electrons. The van der Waals surface area contributed by atoms with Crippen molar-refractivity contribution in [1.29, 1.82) is 0 Å². The molecule has 2 aromatic rings. The monoisotopic (exact) mass is 572 g/mol. The van der Waals surface area contributed by atoms with E-state index in [1.807, 2.05) is 64.4 Å². The average molecular weight is 573 g/mol. The Balaban J connectivity index is 1.67. The molecular formula is C29H40N4O6S. The lowest BCUT2D eigenvalue weighted by atomic mass is 9.85. The van der Waals surface area contributed by atoms with E-state index in [1.165, 1.54) is 4.90 Å². The molecule has 1 aliphatic rings. The number of hydrogen-bond acceptors (Lipinski definition) is 7. The minimum Gasteiger partial charge on any atom is -0.481 e. The lowest BCUT2D eigenvalue weighted by Gasteiger charge is -2.35. The second kappa shape index (κ2) is 13.4. The number of thiazole rings is 1. The highest BCUT2D eigenvalue weighted by atomic mass is 32.1. The van der Waals surface area contributed by atoms with Gasteiger partial charge in [-0.2, -0.15) is 0 Å². The zero-order valence-electron chi connectivity index (χ0n) is 23.8. The van der Waals surface area contributed by atoms with Crippen LogP contribution in [0.5, 0.6) is 0 Å². The summed E-state index contributed by atoms with van der Waals surface area (Å²) in [7, 11) is 0. The zero-order valence-corrected chi connectivity index (χ0v) is 24.6. The van der Waals surface area contributed by atoms with Crippen molar-refractivity contribution in [2.45, 2.75) is 91.0 Å². The fourth-order valence-corrected chi connectivity index (χ4v) is 5.62. The number of carboxylic acids is 1. The number of likely N-dealkylation sites (tertiary alicyclic amines) is 1. The molecule has 0 saturated carbocycles. The number of aromatic nitrogens is 1. The summed E-state index contributed by atoms with van der Waals surface area (Å²) in [6.07, 6.45) is 0.0741. The minimum atomic E-state index is -0.919. The van der Waals surface area contributed by atoms with Crippen LogP contribution < -0.4 is 10.6 Å². The standard InChI is InChI=1S/C29H40N4O6S/c1-17(19-10-12-20(13-11-19)25-18(2)30-16-40-25)31-27(38)22-14-21(34)15-33(22)28(39)26(29(3,4)5)32-23(35)8-6-7-9-24(36)37/h10-13,16-17,21-22,26,34H,6-9,14-15H2,1-5H3,(H,31,38)(H,32,35)(H,36,37)/t17?,21-,22+,26-/m1/s1. The molecule has 10 nitrogen and oxygen atoms in total. The molecule has 1 unspecified atom stereocenters. The van der Waals surface area contributed by atoms with Gasteiger partial charge < -0.3 is 25.7 Å². The Kier molecular flexibility index (Phi) is 10.4. The van der Waals surface area contributed by atoms with Gasteiger partial charge in [-0.05, 0) is 43.2 Å². The van der Waals surface area contributed by atoms with Crippen LogP contribution in [0, 0.1) is 12.3 Å². The summed E-state index contributed by atoms with van der Waals surface area (Å²) in [4.78, 5) is 57.1. The molecule has 0 aliphatic carbocycles. The first-order chi connectivity index (χ1) is 18.8. The minimum absolute atomic E-state index is 0.00470. The van der Waals surface area contributed by atoms with E-state index in [9.17, 15) is 24.3 Å². The molecule has 1 aromatic carbocycles. The third-order valence-corrected chi connectivity index (χ3v) is 8.08. The number of unbranched alkanes of at least 4 members (excludes halogenated alkanes) is 1. The van der Waals surface area contributed by atoms with E-state index < -0.39 is 35.5 Å². The fourth-order valence-electron chi connectivity index (χ4n) is 4.81. The summed E-state index contributed by atoms with van der Waals surface area (Å²) in [6.45, 7) is 9.29. The van der Waals surface area contributed by atoms with Crippen LogP contribution in [0.1, 0.15) is 77.1 Å². The number of carboxylic acid groups (broad SMARTS) is 1. The van der Waals surface area contributed by atoms with E-state index in [1.54, 1.807) is 11.3 Å². The highest BCUT2D eigenvalue weighted by Gasteiger charge is 2.44. The molecule has 1 saturated heterocycles. The lowest BCUT2D eigenvalue weighted by Crippen LogP contribution is -2.57. The molecule has 1 fully saturated rings. The van der Waals surface area contributed by atoms with Crippen molar-refractivity contribution in [3.8, 4) is 10.4 Å². The molecule has 40 heavy (non-hydrogen) atoms. The molecule has 3 amide bonds. The zero-order chi connectivity index (χ0) is 29.6. The Labute approximate surface area is 239 Å². The fraction of sp³-hybridized carbons (Fsp3) is 0.552. The topological polar surface area (TPSA) is 149 Å². The number of amides is 3. The first kappa shape index (κ1) is 31.2. The summed E-state index contributed by atoms with van der Waals surface area (Å²) in [5.41, 5.74) is 4.07. The summed E-state index contributed by atoms with van der Waals surface area (Å²) in [5.74, 6) is -2.07. The van der Waals surface area contributed by atoms with Gasteiger partial charge in [-0.1, -0.05) is 45.0 Å². The van der Waals surface area contributed by atoms with Crippen molar-refractivity contribution in [2.75, 3.05) is 6.54 Å². The number of aryl methyl sites for hydroxylation is 1. The molecular weight excluding hydrogens is 532 g/mol. The van der Waals surface area contributed by atoms with E-state index in [0.717, 1.165) is 21.7 Å². The van der Waals surface area contributed by atoms with E-state index in [4.69, 9.17) is 5.11 Å². The SMILES string of the molecule is Cc1ncsc1-c1ccc(C(C)NC(=O)[C@@H]2C[C@@H](O)CN2C(=O)[C@@H](NC(=O)CCCCC(=O)O)C(C)(C)C)cc1. The van der Waals surface area contributed by atoms with Crippen molar-refractivity contribution in [1.82, 2.24) is 20.5 Å². The molecule has 0 spiro atoms. The predicted octanol–water partition coefficient (Wildman–Crippen LogP) is 3.43. The highest BCUT2D eigenvalue weighted by molar-refractivity contribution is 7.13. The number of benzene rings is 1. The maximum Gasteiger partial charge on any atom is 0.303 e. The van der Waals surface area contributed by atoms with Gasteiger partial charge in [0.05, 0.1) is 28.2 Å². The maximum absolute atomic E-state index is 13.7. The van der Waals surface area contributed by atoms with Gasteiger partial charge in [-0.25, -0.2) is 4.98 Å². The molecule has 0 bridgehead atoms. The number of carbonyl (C=O) groups is 4. The van der Waals surface area contributed by atoms with E-state index in [2.05, 4.69) is 15.6 Å². The van der Waals surface area contributed by atoms with Crippen molar-refractivity contribution >= 4 is 35.0 Å². The number of aliphatic carboxylic acids is 1. The molecule has 1 aromatic heterocycles. The molecule has 218 valence electrons. The van der Waals surface area contributed by atoms with Gasteiger partial charge >= 0.3 is 5.97 Å². The quantitative estimate of drug-likeness (QED) is 0.301. The Hall–Kier alpha value is -3.31. The number of aliphatic hydroxyl groups is 1. The van der Waals surface area contributed by atoms with Crippen LogP contribution in [0.25, 0.3) is 10.4 Å². The number of nitrogens with zero attached hydrogens (tertiary/aromatic N) is 2. The number of carbonyl (C=O) groups excluding carboxylic acids is 3. The third kappa shape index (κ3) is 8.11. The number of hydrogen-bond donors (Lipinski definition) is 4. The third-order valence-electron chi connectivity index (χ3n) is 7.10. The van der Waals surface area contributed by atoms with Gasteiger partial charge in [0.1, 0.15) is 12.1 Å². The molecule has 11 heteroatoms. The Morgan fingerprint density at radius 3 is 2.33 bits per heavy atom. The first-order valence-electron chi connectivity index (χ1n) is 13.6. The van der Waals surface area contributed by atoms with Crippen LogP contribution in [-0.4, -0.2) is 68.5 Å². The Bertz CT molecular complexity index is 1210. The van der Waals surface area contributed by atoms with Gasteiger partial charge in [-0.3, -0.25) is 19.2 Å². The van der Waals surface area contributed by atoms with E-state index in [-0.39, 0.29) is 43.7 Å². The Morgan fingerprint density at radius 1 is 1.10 bits per heavy atom. The van der Waals surface area contributed by atoms with Crippen molar-refractivity contribution in [2.24, 2.45) is 5.41 Å². The number of aliphatic hydroxyl groups excluding tert-OH is 1. The second-order valence-electron chi connectivity index (χ2n) is 11.5. The van der Waals surface area contributed by atoms with E-state index in [0.29, 0.717) is 12.8 Å². The summed E-state index contributed by atoms with van der Waals surface area (Å²) in [6, 6.07) is 5.77. The molecule has 2 heterocycles. The van der Waals surface area contributed by atoms with Crippen LogP contribution >= 0.6 is 11.3 Å². The van der Waals surface area contributed by atoms with Crippen molar-refractivity contribution in [3.05, 3.63) is 41.0 Å². The van der Waals surface area contributed by atoms with E-state index >= 15 is 0 Å². The molecule has 4 N–H and O–H groups in total. The summed E-state index contributed by atoms with van der Waals surface area (Å²) >= 11 is 1.57. The van der Waals surface area contributed by atoms with Crippen LogP contribution in [0.15, 0.2) is 29.8 Å². The van der Waals surface area contributed by atoms with Crippen LogP contribution in [-0.2, 0) is 19.2 Å². The molecule has 4 atom stereocenters. The largest absolute Gasteiger partial charge is 0.481 e. The maximum atomic E-state index is 13.7. The normalized spacial score (nSPS) is 18.7. The summed E-state index contributed by atoms with van der Waals surface area (Å²) in [5, 5.41) is 25.0. The van der Waals surface area contributed by atoms with Gasteiger partial charge in [-0.15, -0.1) is 11.3 Å². The van der Waals surface area contributed by atoms with Gasteiger partial charge in [0.2, 0.25) is 17.7 Å². The van der Waals surface area contributed by atoms with Crippen LogP contribution in [0.2, 0.25) is 0 Å².